The number of nitrogens with zero attached hydrogens (tertiary/aromatic N) is 2. The molecule has 1 unspecified atom stereocenters. The van der Waals surface area contributed by atoms with Gasteiger partial charge in [0, 0.05) is 25.2 Å². The van der Waals surface area contributed by atoms with Gasteiger partial charge in [-0.2, -0.15) is 0 Å². The van der Waals surface area contributed by atoms with E-state index >= 15 is 0 Å². The summed E-state index contributed by atoms with van der Waals surface area (Å²) in [6.45, 7) is 1.59. The minimum absolute atomic E-state index is 0.0161. The molecule has 0 amide bonds. The van der Waals surface area contributed by atoms with Gasteiger partial charge in [-0.1, -0.05) is 23.2 Å². The van der Waals surface area contributed by atoms with E-state index in [2.05, 4.69) is 10.2 Å². The van der Waals surface area contributed by atoms with Crippen LogP contribution in [0.2, 0.25) is 10.0 Å². The van der Waals surface area contributed by atoms with Crippen LogP contribution in [0.3, 0.4) is 0 Å². The molecule has 7 heteroatoms. The molecule has 1 atom stereocenters. The third-order valence-electron chi connectivity index (χ3n) is 3.59. The Morgan fingerprint density at radius 2 is 2.10 bits per heavy atom. The fraction of sp³-hybridized carbons (Fsp3) is 0.538. The van der Waals surface area contributed by atoms with Crippen molar-refractivity contribution in [2.24, 2.45) is 0 Å². The number of rotatable bonds is 4. The molecule has 0 bridgehead atoms. The summed E-state index contributed by atoms with van der Waals surface area (Å²) in [4.78, 5) is 12.9. The molecule has 0 radical (unpaired) electrons. The molecule has 1 aromatic rings. The van der Waals surface area contributed by atoms with Gasteiger partial charge in [0.1, 0.15) is 5.69 Å². The number of hydrogen-bond donors (Lipinski definition) is 1. The van der Waals surface area contributed by atoms with E-state index in [-0.39, 0.29) is 16.8 Å². The van der Waals surface area contributed by atoms with Gasteiger partial charge in [0.05, 0.1) is 15.0 Å². The molecule has 1 saturated heterocycles. The molecule has 0 spiro atoms. The molecular formula is C13H17Cl2N3O2. The molecular weight excluding hydrogens is 301 g/mol. The zero-order valence-electron chi connectivity index (χ0n) is 11.2. The van der Waals surface area contributed by atoms with Crippen molar-refractivity contribution in [2.45, 2.75) is 25.3 Å². The van der Waals surface area contributed by atoms with Crippen LogP contribution in [0.1, 0.15) is 19.3 Å². The molecule has 110 valence electrons. The molecule has 20 heavy (non-hydrogen) atoms. The van der Waals surface area contributed by atoms with Crippen molar-refractivity contribution in [1.82, 2.24) is 5.32 Å². The summed E-state index contributed by atoms with van der Waals surface area (Å²) in [5, 5.41) is 15.0. The van der Waals surface area contributed by atoms with Gasteiger partial charge < -0.3 is 10.2 Å². The third-order valence-corrected chi connectivity index (χ3v) is 4.31. The molecule has 1 aliphatic heterocycles. The highest BCUT2D eigenvalue weighted by atomic mass is 35.5. The predicted molar refractivity (Wildman–Crippen MR) is 82.0 cm³/mol. The average Bonchev–Trinajstić information content (AvgIpc) is 2.42. The van der Waals surface area contributed by atoms with Crippen LogP contribution in [0, 0.1) is 10.1 Å². The van der Waals surface area contributed by atoms with E-state index < -0.39 is 4.92 Å². The monoisotopic (exact) mass is 317 g/mol. The number of anilines is 1. The lowest BCUT2D eigenvalue weighted by Gasteiger charge is -2.37. The van der Waals surface area contributed by atoms with Gasteiger partial charge in [0.15, 0.2) is 0 Å². The van der Waals surface area contributed by atoms with Crippen LogP contribution in [-0.2, 0) is 0 Å². The summed E-state index contributed by atoms with van der Waals surface area (Å²) in [5.41, 5.74) is 0.576. The molecule has 0 aromatic heterocycles. The Morgan fingerprint density at radius 3 is 2.75 bits per heavy atom. The Bertz CT molecular complexity index is 509. The number of piperidine rings is 1. The summed E-state index contributed by atoms with van der Waals surface area (Å²) in [6, 6.07) is 3.19. The highest BCUT2D eigenvalue weighted by Crippen LogP contribution is 2.38. The van der Waals surface area contributed by atoms with Gasteiger partial charge in [0.2, 0.25) is 0 Å². The number of hydrogen-bond acceptors (Lipinski definition) is 4. The van der Waals surface area contributed by atoms with Gasteiger partial charge in [0.25, 0.3) is 5.69 Å². The Balaban J connectivity index is 2.43. The number of nitro groups is 1. The maximum Gasteiger partial charge on any atom is 0.294 e. The van der Waals surface area contributed by atoms with E-state index in [1.54, 1.807) is 6.07 Å². The topological polar surface area (TPSA) is 58.4 Å². The third kappa shape index (κ3) is 3.16. The Kier molecular flexibility index (Phi) is 5.07. The van der Waals surface area contributed by atoms with Gasteiger partial charge in [-0.3, -0.25) is 10.1 Å². The summed E-state index contributed by atoms with van der Waals surface area (Å²) in [7, 11) is 1.88. The van der Waals surface area contributed by atoms with E-state index in [0.717, 1.165) is 32.4 Å². The minimum Gasteiger partial charge on any atom is -0.362 e. The number of halogens is 2. The quantitative estimate of drug-likeness (QED) is 0.682. The number of nitrogens with one attached hydrogen (secondary N) is 1. The van der Waals surface area contributed by atoms with Crippen molar-refractivity contribution in [2.75, 3.05) is 25.0 Å². The first-order valence-electron chi connectivity index (χ1n) is 6.59. The Hall–Kier alpha value is -1.04. The highest BCUT2D eigenvalue weighted by Gasteiger charge is 2.28. The van der Waals surface area contributed by atoms with Gasteiger partial charge >= 0.3 is 0 Å². The molecule has 2 rings (SSSR count). The number of likely N-dealkylation sites (N-methyl/N-ethyl adjacent to an activating group) is 1. The van der Waals surface area contributed by atoms with Crippen molar-refractivity contribution in [3.8, 4) is 0 Å². The van der Waals surface area contributed by atoms with Crippen molar-refractivity contribution >= 4 is 34.6 Å². The SMILES string of the molecule is CNCC1CCCCN1c1cc(Cl)c(Cl)cc1[N+](=O)[O-]. The average molecular weight is 318 g/mol. The van der Waals surface area contributed by atoms with Crippen molar-refractivity contribution in [3.05, 3.63) is 32.3 Å². The first kappa shape index (κ1) is 15.4. The first-order chi connectivity index (χ1) is 9.54. The van der Waals surface area contributed by atoms with Gasteiger partial charge in [-0.05, 0) is 32.4 Å². The lowest BCUT2D eigenvalue weighted by Crippen LogP contribution is -2.45. The summed E-state index contributed by atoms with van der Waals surface area (Å²) in [6.07, 6.45) is 3.17. The molecule has 5 nitrogen and oxygen atoms in total. The largest absolute Gasteiger partial charge is 0.362 e. The summed E-state index contributed by atoms with van der Waals surface area (Å²) in [5.74, 6) is 0. The molecule has 0 saturated carbocycles. The van der Waals surface area contributed by atoms with Crippen LogP contribution in [-0.4, -0.2) is 31.1 Å². The minimum atomic E-state index is -0.400. The lowest BCUT2D eigenvalue weighted by atomic mass is 10.0. The molecule has 1 aliphatic rings. The second-order valence-corrected chi connectivity index (χ2v) is 5.73. The van der Waals surface area contributed by atoms with E-state index in [9.17, 15) is 10.1 Å². The van der Waals surface area contributed by atoms with Gasteiger partial charge in [-0.15, -0.1) is 0 Å². The Labute approximate surface area is 128 Å². The first-order valence-corrected chi connectivity index (χ1v) is 7.35. The molecule has 1 fully saturated rings. The summed E-state index contributed by atoms with van der Waals surface area (Å²) >= 11 is 11.9. The molecule has 1 heterocycles. The van der Waals surface area contributed by atoms with Gasteiger partial charge in [-0.25, -0.2) is 0 Å². The van der Waals surface area contributed by atoms with Crippen LogP contribution in [0.15, 0.2) is 12.1 Å². The maximum atomic E-state index is 11.3. The second-order valence-electron chi connectivity index (χ2n) is 4.91. The lowest BCUT2D eigenvalue weighted by molar-refractivity contribution is -0.384. The van der Waals surface area contributed by atoms with Crippen molar-refractivity contribution < 1.29 is 4.92 Å². The van der Waals surface area contributed by atoms with E-state index in [1.165, 1.54) is 6.07 Å². The number of benzene rings is 1. The highest BCUT2D eigenvalue weighted by molar-refractivity contribution is 6.42. The van der Waals surface area contributed by atoms with Crippen LogP contribution in [0.25, 0.3) is 0 Å². The Morgan fingerprint density at radius 1 is 1.40 bits per heavy atom. The van der Waals surface area contributed by atoms with Crippen molar-refractivity contribution in [3.63, 3.8) is 0 Å². The zero-order chi connectivity index (χ0) is 14.7. The molecule has 1 aromatic carbocycles. The van der Waals surface area contributed by atoms with Crippen LogP contribution in [0.4, 0.5) is 11.4 Å². The molecule has 1 N–H and O–H groups in total. The standard InChI is InChI=1S/C13H17Cl2N3O2/c1-16-8-9-4-2-3-5-17(9)12-6-10(14)11(15)7-13(12)18(19)20/h6-7,9,16H,2-5,8H2,1H3. The van der Waals surface area contributed by atoms with E-state index in [4.69, 9.17) is 23.2 Å². The number of nitro benzene ring substituents is 1. The van der Waals surface area contributed by atoms with Crippen LogP contribution < -0.4 is 10.2 Å². The zero-order valence-corrected chi connectivity index (χ0v) is 12.7. The van der Waals surface area contributed by atoms with E-state index in [0.29, 0.717) is 10.7 Å². The summed E-state index contributed by atoms with van der Waals surface area (Å²) < 4.78 is 0. The normalized spacial score (nSPS) is 19.1. The van der Waals surface area contributed by atoms with Crippen LogP contribution >= 0.6 is 23.2 Å². The van der Waals surface area contributed by atoms with Crippen LogP contribution in [0.5, 0.6) is 0 Å². The van der Waals surface area contributed by atoms with Crippen molar-refractivity contribution in [1.29, 1.82) is 0 Å². The molecule has 0 aliphatic carbocycles. The smallest absolute Gasteiger partial charge is 0.294 e. The fourth-order valence-electron chi connectivity index (χ4n) is 2.67. The maximum absolute atomic E-state index is 11.3. The predicted octanol–water partition coefficient (Wildman–Crippen LogP) is 3.48. The second kappa shape index (κ2) is 6.61. The fourth-order valence-corrected chi connectivity index (χ4v) is 2.98. The van der Waals surface area contributed by atoms with E-state index in [1.807, 2.05) is 7.05 Å².